The van der Waals surface area contributed by atoms with Crippen LogP contribution in [-0.4, -0.2) is 57.9 Å². The van der Waals surface area contributed by atoms with Crippen LogP contribution in [0.1, 0.15) is 61.2 Å². The minimum absolute atomic E-state index is 0.0698. The van der Waals surface area contributed by atoms with Gasteiger partial charge < -0.3 is 14.5 Å². The van der Waals surface area contributed by atoms with Gasteiger partial charge in [0.05, 0.1) is 30.3 Å². The monoisotopic (exact) mass is 498 g/mol. The lowest BCUT2D eigenvalue weighted by atomic mass is 9.79. The molecule has 2 aromatic rings. The number of carbonyl (C=O) groups excluding carboxylic acids is 1. The van der Waals surface area contributed by atoms with E-state index < -0.39 is 0 Å². The van der Waals surface area contributed by atoms with E-state index in [1.165, 1.54) is 11.3 Å². The number of aryl methyl sites for hydroxylation is 1. The molecule has 0 radical (unpaired) electrons. The molecule has 0 aromatic carbocycles. The van der Waals surface area contributed by atoms with Gasteiger partial charge in [-0.25, -0.2) is 0 Å². The van der Waals surface area contributed by atoms with Gasteiger partial charge in [-0.1, -0.05) is 12.1 Å². The third-order valence-electron chi connectivity index (χ3n) is 8.41. The first kappa shape index (κ1) is 23.9. The molecule has 0 bridgehead atoms. The molecule has 2 unspecified atom stereocenters. The number of hydrogen-bond donors (Lipinski definition) is 0. The number of ether oxygens (including phenoxy) is 1. The predicted molar refractivity (Wildman–Crippen MR) is 141 cm³/mol. The Morgan fingerprint density at radius 3 is 2.73 bits per heavy atom. The fraction of sp³-hybridized carbons (Fsp3) is 0.517. The van der Waals surface area contributed by atoms with Crippen molar-refractivity contribution in [1.29, 1.82) is 5.26 Å². The van der Waals surface area contributed by atoms with Gasteiger partial charge in [0, 0.05) is 74.3 Å². The maximum atomic E-state index is 12.3. The van der Waals surface area contributed by atoms with Crippen LogP contribution in [0.2, 0.25) is 0 Å². The van der Waals surface area contributed by atoms with Crippen LogP contribution in [0.3, 0.4) is 0 Å². The minimum Gasteiger partial charge on any atom is -0.381 e. The van der Waals surface area contributed by atoms with Crippen LogP contribution >= 0.6 is 0 Å². The molecule has 0 N–H and O–H groups in total. The molecule has 2 atom stereocenters. The molecule has 8 heteroatoms. The first-order valence-corrected chi connectivity index (χ1v) is 13.5. The van der Waals surface area contributed by atoms with Crippen molar-refractivity contribution >= 4 is 17.3 Å². The lowest BCUT2D eigenvalue weighted by molar-refractivity contribution is -0.129. The van der Waals surface area contributed by atoms with E-state index >= 15 is 0 Å². The van der Waals surface area contributed by atoms with Gasteiger partial charge >= 0.3 is 0 Å². The molecular formula is C29H34N6O2. The van der Waals surface area contributed by atoms with Gasteiger partial charge in [0.2, 0.25) is 5.91 Å². The van der Waals surface area contributed by atoms with E-state index in [4.69, 9.17) is 9.84 Å². The lowest BCUT2D eigenvalue weighted by Crippen LogP contribution is -2.46. The summed E-state index contributed by atoms with van der Waals surface area (Å²) in [4.78, 5) is 21.1. The Balaban J connectivity index is 1.39. The average molecular weight is 499 g/mol. The second-order valence-electron chi connectivity index (χ2n) is 10.7. The topological polar surface area (TPSA) is 87.3 Å². The maximum Gasteiger partial charge on any atom is 0.219 e. The summed E-state index contributed by atoms with van der Waals surface area (Å²) in [6.45, 7) is 7.38. The van der Waals surface area contributed by atoms with Gasteiger partial charge in [0.1, 0.15) is 0 Å². The Hall–Kier alpha value is -3.44. The molecule has 192 valence electrons. The Labute approximate surface area is 218 Å². The van der Waals surface area contributed by atoms with E-state index in [9.17, 15) is 10.1 Å². The van der Waals surface area contributed by atoms with Crippen molar-refractivity contribution in [3.05, 3.63) is 58.6 Å². The number of allylic oxidation sites excluding steroid dienone is 2. The molecule has 2 saturated heterocycles. The molecule has 5 heterocycles. The highest BCUT2D eigenvalue weighted by Gasteiger charge is 2.38. The van der Waals surface area contributed by atoms with Gasteiger partial charge in [-0.2, -0.15) is 10.4 Å². The van der Waals surface area contributed by atoms with Crippen LogP contribution in [0.5, 0.6) is 0 Å². The molecule has 0 saturated carbocycles. The molecule has 4 aliphatic rings. The minimum atomic E-state index is 0.0698. The summed E-state index contributed by atoms with van der Waals surface area (Å²) < 4.78 is 7.89. The molecule has 2 aromatic heterocycles. The zero-order chi connectivity index (χ0) is 25.5. The summed E-state index contributed by atoms with van der Waals surface area (Å²) in [6.07, 6.45) is 11.2. The van der Waals surface area contributed by atoms with Crippen LogP contribution < -0.4 is 4.90 Å². The van der Waals surface area contributed by atoms with Crippen molar-refractivity contribution in [3.8, 4) is 6.07 Å². The smallest absolute Gasteiger partial charge is 0.219 e. The number of aromatic nitrogens is 3. The molecule has 37 heavy (non-hydrogen) atoms. The van der Waals surface area contributed by atoms with E-state index in [-0.39, 0.29) is 11.9 Å². The van der Waals surface area contributed by atoms with Gasteiger partial charge in [0.15, 0.2) is 5.82 Å². The van der Waals surface area contributed by atoms with Crippen molar-refractivity contribution in [3.63, 3.8) is 0 Å². The van der Waals surface area contributed by atoms with Crippen molar-refractivity contribution in [1.82, 2.24) is 19.7 Å². The quantitative estimate of drug-likeness (QED) is 0.636. The van der Waals surface area contributed by atoms with Crippen LogP contribution in [-0.2, 0) is 22.5 Å². The SMILES string of the molecule is CC(=O)N1CCc2c(c(N3CCCC4C=C(c5ccc(C)nc5)C(C#N)=CC43)nn2C2CCOCC2)C1. The van der Waals surface area contributed by atoms with Crippen LogP contribution in [0.15, 0.2) is 36.1 Å². The molecule has 8 nitrogen and oxygen atoms in total. The number of piperidine rings is 1. The van der Waals surface area contributed by atoms with Crippen molar-refractivity contribution in [2.24, 2.45) is 5.92 Å². The second-order valence-corrected chi connectivity index (χ2v) is 10.7. The number of carbonyl (C=O) groups is 1. The first-order valence-electron chi connectivity index (χ1n) is 13.5. The van der Waals surface area contributed by atoms with E-state index in [1.807, 2.05) is 24.1 Å². The molecule has 0 spiro atoms. The highest BCUT2D eigenvalue weighted by Crippen LogP contribution is 2.41. The largest absolute Gasteiger partial charge is 0.381 e. The number of nitriles is 1. The van der Waals surface area contributed by atoms with E-state index in [0.29, 0.717) is 24.1 Å². The molecule has 6 rings (SSSR count). The Bertz CT molecular complexity index is 1290. The highest BCUT2D eigenvalue weighted by molar-refractivity contribution is 5.84. The molecule has 2 fully saturated rings. The fourth-order valence-corrected chi connectivity index (χ4v) is 6.39. The number of amides is 1. The Kier molecular flexibility index (Phi) is 6.33. The summed E-state index contributed by atoms with van der Waals surface area (Å²) >= 11 is 0. The number of hydrogen-bond acceptors (Lipinski definition) is 6. The molecule has 1 amide bonds. The van der Waals surface area contributed by atoms with Crippen LogP contribution in [0, 0.1) is 24.2 Å². The zero-order valence-corrected chi connectivity index (χ0v) is 21.7. The summed E-state index contributed by atoms with van der Waals surface area (Å²) in [5, 5.41) is 15.4. The molecule has 3 aliphatic heterocycles. The summed E-state index contributed by atoms with van der Waals surface area (Å²) in [5.74, 6) is 1.39. The highest BCUT2D eigenvalue weighted by atomic mass is 16.5. The summed E-state index contributed by atoms with van der Waals surface area (Å²) in [6, 6.07) is 6.92. The van der Waals surface area contributed by atoms with Gasteiger partial charge in [-0.05, 0) is 50.3 Å². The summed E-state index contributed by atoms with van der Waals surface area (Å²) in [7, 11) is 0. The van der Waals surface area contributed by atoms with Crippen molar-refractivity contribution in [2.75, 3.05) is 31.2 Å². The van der Waals surface area contributed by atoms with Crippen molar-refractivity contribution < 1.29 is 9.53 Å². The number of pyridine rings is 1. The Morgan fingerprint density at radius 1 is 1.16 bits per heavy atom. The number of rotatable bonds is 3. The third-order valence-corrected chi connectivity index (χ3v) is 8.41. The summed E-state index contributed by atoms with van der Waals surface area (Å²) in [5.41, 5.74) is 6.08. The van der Waals surface area contributed by atoms with Crippen LogP contribution in [0.25, 0.3) is 5.57 Å². The lowest BCUT2D eigenvalue weighted by Gasteiger charge is -2.42. The first-order chi connectivity index (χ1) is 18.0. The number of nitrogens with zero attached hydrogens (tertiary/aromatic N) is 6. The van der Waals surface area contributed by atoms with Crippen molar-refractivity contribution in [2.45, 2.75) is 64.6 Å². The maximum absolute atomic E-state index is 12.3. The van der Waals surface area contributed by atoms with E-state index in [2.05, 4.69) is 38.9 Å². The van der Waals surface area contributed by atoms with E-state index in [1.54, 1.807) is 6.92 Å². The third kappa shape index (κ3) is 4.36. The van der Waals surface area contributed by atoms with Gasteiger partial charge in [0.25, 0.3) is 0 Å². The second kappa shape index (κ2) is 9.79. The predicted octanol–water partition coefficient (Wildman–Crippen LogP) is 3.97. The fourth-order valence-electron chi connectivity index (χ4n) is 6.39. The van der Waals surface area contributed by atoms with Gasteiger partial charge in [-0.3, -0.25) is 14.5 Å². The van der Waals surface area contributed by atoms with Crippen LogP contribution in [0.4, 0.5) is 5.82 Å². The number of anilines is 1. The molecular weight excluding hydrogens is 464 g/mol. The number of fused-ring (bicyclic) bond motifs is 2. The molecule has 1 aliphatic carbocycles. The normalized spacial score (nSPS) is 24.0. The van der Waals surface area contributed by atoms with Gasteiger partial charge in [-0.15, -0.1) is 0 Å². The zero-order valence-electron chi connectivity index (χ0n) is 21.7. The standard InChI is InChI=1S/C29H34N6O2/c1-19-5-6-22(17-31-19)25-14-21-4-3-10-34(28(21)15-23(25)16-30)29-26-18-33(20(2)36)11-7-27(26)35(32-29)24-8-12-37-13-9-24/h5-6,14-15,17,21,24,28H,3-4,7-13,18H2,1-2H3. The average Bonchev–Trinajstić information content (AvgIpc) is 3.31. The Morgan fingerprint density at radius 2 is 2.00 bits per heavy atom. The van der Waals surface area contributed by atoms with E-state index in [0.717, 1.165) is 81.1 Å².